The van der Waals surface area contributed by atoms with Gasteiger partial charge in [0.1, 0.15) is 11.0 Å². The van der Waals surface area contributed by atoms with Crippen LogP contribution >= 0.6 is 23.4 Å². The van der Waals surface area contributed by atoms with Crippen molar-refractivity contribution in [2.24, 2.45) is 0 Å². The standard InChI is InChI=1S/C25H18ClN3O3S/c1-32-18-9-5-8-17(13-18)29-22(30)14-21(24(29)31)33-25-27-20-11-10-16(26)12-19(20)23(28-25)15-6-3-2-4-7-15/h2-13,21H,14H2,1H3/t21-/m1/s1. The molecule has 33 heavy (non-hydrogen) atoms. The number of rotatable bonds is 5. The van der Waals surface area contributed by atoms with Crippen molar-refractivity contribution in [3.8, 4) is 17.0 Å². The van der Waals surface area contributed by atoms with Crippen LogP contribution in [0.2, 0.25) is 5.02 Å². The Morgan fingerprint density at radius 2 is 1.82 bits per heavy atom. The molecule has 1 aromatic heterocycles. The summed E-state index contributed by atoms with van der Waals surface area (Å²) in [5.74, 6) is 0.0224. The van der Waals surface area contributed by atoms with Crippen molar-refractivity contribution in [1.82, 2.24) is 9.97 Å². The number of hydrogen-bond acceptors (Lipinski definition) is 6. The van der Waals surface area contributed by atoms with E-state index in [4.69, 9.17) is 21.3 Å². The minimum Gasteiger partial charge on any atom is -0.497 e. The van der Waals surface area contributed by atoms with Crippen molar-refractivity contribution >= 4 is 51.8 Å². The second-order valence-electron chi connectivity index (χ2n) is 7.46. The van der Waals surface area contributed by atoms with E-state index in [-0.39, 0.29) is 18.2 Å². The third-order valence-corrected chi connectivity index (χ3v) is 6.63. The topological polar surface area (TPSA) is 72.4 Å². The van der Waals surface area contributed by atoms with Crippen LogP contribution in [-0.4, -0.2) is 34.1 Å². The van der Waals surface area contributed by atoms with E-state index < -0.39 is 5.25 Å². The van der Waals surface area contributed by atoms with Crippen LogP contribution in [0, 0.1) is 0 Å². The average Bonchev–Trinajstić information content (AvgIpc) is 3.11. The summed E-state index contributed by atoms with van der Waals surface area (Å²) in [5.41, 5.74) is 2.86. The molecule has 0 aliphatic carbocycles. The predicted molar refractivity (Wildman–Crippen MR) is 130 cm³/mol. The molecule has 1 fully saturated rings. The Kier molecular flexibility index (Phi) is 5.74. The Bertz CT molecular complexity index is 1380. The number of aromatic nitrogens is 2. The molecule has 0 saturated carbocycles. The molecule has 0 radical (unpaired) electrons. The molecule has 0 unspecified atom stereocenters. The molecule has 5 rings (SSSR count). The number of amides is 2. The lowest BCUT2D eigenvalue weighted by atomic mass is 10.1. The first-order chi connectivity index (χ1) is 16.0. The van der Waals surface area contributed by atoms with Gasteiger partial charge >= 0.3 is 0 Å². The summed E-state index contributed by atoms with van der Waals surface area (Å²) >= 11 is 7.43. The Balaban J connectivity index is 1.50. The van der Waals surface area contributed by atoms with Gasteiger partial charge in [0, 0.05) is 28.5 Å². The average molecular weight is 476 g/mol. The lowest BCUT2D eigenvalue weighted by molar-refractivity contribution is -0.121. The number of carbonyl (C=O) groups excluding carboxylic acids is 2. The van der Waals surface area contributed by atoms with Crippen LogP contribution in [-0.2, 0) is 9.59 Å². The molecule has 6 nitrogen and oxygen atoms in total. The van der Waals surface area contributed by atoms with Gasteiger partial charge in [0.2, 0.25) is 11.8 Å². The van der Waals surface area contributed by atoms with Gasteiger partial charge in [-0.3, -0.25) is 9.59 Å². The maximum absolute atomic E-state index is 13.2. The fraction of sp³-hybridized carbons (Fsp3) is 0.120. The van der Waals surface area contributed by atoms with Crippen LogP contribution in [0.15, 0.2) is 78.0 Å². The summed E-state index contributed by atoms with van der Waals surface area (Å²) in [6, 6.07) is 22.1. The lowest BCUT2D eigenvalue weighted by Gasteiger charge is -2.16. The number of hydrogen-bond donors (Lipinski definition) is 0. The highest BCUT2D eigenvalue weighted by atomic mass is 35.5. The number of halogens is 1. The summed E-state index contributed by atoms with van der Waals surface area (Å²) in [5, 5.41) is 1.23. The molecular formula is C25H18ClN3O3S. The molecule has 164 valence electrons. The molecule has 2 amide bonds. The molecule has 1 saturated heterocycles. The number of thioether (sulfide) groups is 1. The number of imide groups is 1. The van der Waals surface area contributed by atoms with Crippen LogP contribution in [0.3, 0.4) is 0 Å². The molecule has 1 aliphatic heterocycles. The number of carbonyl (C=O) groups is 2. The van der Waals surface area contributed by atoms with Crippen molar-refractivity contribution < 1.29 is 14.3 Å². The number of nitrogens with zero attached hydrogens (tertiary/aromatic N) is 3. The van der Waals surface area contributed by atoms with Gasteiger partial charge in [0.15, 0.2) is 5.16 Å². The minimum absolute atomic E-state index is 0.0728. The first-order valence-electron chi connectivity index (χ1n) is 10.2. The lowest BCUT2D eigenvalue weighted by Crippen LogP contribution is -2.31. The zero-order valence-electron chi connectivity index (χ0n) is 17.6. The second-order valence-corrected chi connectivity index (χ2v) is 9.07. The van der Waals surface area contributed by atoms with E-state index in [2.05, 4.69) is 4.98 Å². The molecule has 0 spiro atoms. The quantitative estimate of drug-likeness (QED) is 0.285. The van der Waals surface area contributed by atoms with Crippen LogP contribution in [0.25, 0.3) is 22.2 Å². The summed E-state index contributed by atoms with van der Waals surface area (Å²) < 4.78 is 5.23. The molecule has 2 heterocycles. The van der Waals surface area contributed by atoms with E-state index in [1.54, 1.807) is 37.4 Å². The van der Waals surface area contributed by atoms with Crippen molar-refractivity contribution in [1.29, 1.82) is 0 Å². The van der Waals surface area contributed by atoms with E-state index in [1.165, 1.54) is 16.7 Å². The monoisotopic (exact) mass is 475 g/mol. The number of anilines is 1. The highest BCUT2D eigenvalue weighted by molar-refractivity contribution is 8.00. The third-order valence-electron chi connectivity index (χ3n) is 5.35. The molecule has 1 atom stereocenters. The summed E-state index contributed by atoms with van der Waals surface area (Å²) in [6.07, 6.45) is 0.0728. The fourth-order valence-electron chi connectivity index (χ4n) is 3.79. The highest BCUT2D eigenvalue weighted by Crippen LogP contribution is 2.36. The van der Waals surface area contributed by atoms with Crippen LogP contribution in [0.4, 0.5) is 5.69 Å². The number of benzene rings is 3. The van der Waals surface area contributed by atoms with Crippen molar-refractivity contribution in [3.05, 3.63) is 77.8 Å². The number of ether oxygens (including phenoxy) is 1. The molecule has 3 aromatic carbocycles. The van der Waals surface area contributed by atoms with Gasteiger partial charge in [0.05, 0.1) is 24.0 Å². The molecule has 0 N–H and O–H groups in total. The highest BCUT2D eigenvalue weighted by Gasteiger charge is 2.41. The van der Waals surface area contributed by atoms with E-state index in [1.807, 2.05) is 42.5 Å². The van der Waals surface area contributed by atoms with Crippen molar-refractivity contribution in [2.45, 2.75) is 16.8 Å². The number of fused-ring (bicyclic) bond motifs is 1. The Morgan fingerprint density at radius 1 is 1.00 bits per heavy atom. The van der Waals surface area contributed by atoms with Gasteiger partial charge in [-0.15, -0.1) is 0 Å². The fourth-order valence-corrected chi connectivity index (χ4v) is 4.95. The van der Waals surface area contributed by atoms with E-state index in [0.29, 0.717) is 21.6 Å². The summed E-state index contributed by atoms with van der Waals surface area (Å²) in [6.45, 7) is 0. The summed E-state index contributed by atoms with van der Waals surface area (Å²) in [4.78, 5) is 36.5. The molecular weight excluding hydrogens is 458 g/mol. The van der Waals surface area contributed by atoms with Crippen LogP contribution < -0.4 is 9.64 Å². The number of methoxy groups -OCH3 is 1. The van der Waals surface area contributed by atoms with Gasteiger partial charge in [-0.1, -0.05) is 59.8 Å². The maximum Gasteiger partial charge on any atom is 0.247 e. The Morgan fingerprint density at radius 3 is 2.61 bits per heavy atom. The van der Waals surface area contributed by atoms with Gasteiger partial charge in [0.25, 0.3) is 0 Å². The smallest absolute Gasteiger partial charge is 0.247 e. The van der Waals surface area contributed by atoms with Gasteiger partial charge in [-0.25, -0.2) is 14.9 Å². The largest absolute Gasteiger partial charge is 0.497 e. The van der Waals surface area contributed by atoms with Crippen LogP contribution in [0.1, 0.15) is 6.42 Å². The first kappa shape index (κ1) is 21.4. The van der Waals surface area contributed by atoms with Gasteiger partial charge in [-0.05, 0) is 30.3 Å². The second kappa shape index (κ2) is 8.84. The molecule has 8 heteroatoms. The zero-order valence-corrected chi connectivity index (χ0v) is 19.1. The van der Waals surface area contributed by atoms with E-state index in [9.17, 15) is 9.59 Å². The Labute approximate surface area is 199 Å². The normalized spacial score (nSPS) is 15.9. The zero-order chi connectivity index (χ0) is 22.9. The third kappa shape index (κ3) is 4.17. The molecule has 1 aliphatic rings. The SMILES string of the molecule is COc1cccc(N2C(=O)C[C@@H](Sc3nc(-c4ccccc4)c4cc(Cl)ccc4n3)C2=O)c1. The van der Waals surface area contributed by atoms with Crippen LogP contribution in [0.5, 0.6) is 5.75 Å². The van der Waals surface area contributed by atoms with Gasteiger partial charge in [-0.2, -0.15) is 0 Å². The van der Waals surface area contributed by atoms with E-state index in [0.717, 1.165) is 22.2 Å². The maximum atomic E-state index is 13.2. The Hall–Kier alpha value is -3.42. The van der Waals surface area contributed by atoms with E-state index >= 15 is 0 Å². The predicted octanol–water partition coefficient (Wildman–Crippen LogP) is 5.38. The molecule has 0 bridgehead atoms. The van der Waals surface area contributed by atoms with Crippen molar-refractivity contribution in [2.75, 3.05) is 12.0 Å². The first-order valence-corrected chi connectivity index (χ1v) is 11.5. The minimum atomic E-state index is -0.614. The van der Waals surface area contributed by atoms with Gasteiger partial charge < -0.3 is 4.74 Å². The summed E-state index contributed by atoms with van der Waals surface area (Å²) in [7, 11) is 1.54. The van der Waals surface area contributed by atoms with Crippen molar-refractivity contribution in [3.63, 3.8) is 0 Å². The molecule has 4 aromatic rings.